The van der Waals surface area contributed by atoms with Gasteiger partial charge in [-0.3, -0.25) is 0 Å². The maximum Gasteiger partial charge on any atom is 0.0689 e. The van der Waals surface area contributed by atoms with Gasteiger partial charge in [-0.25, -0.2) is 0 Å². The summed E-state index contributed by atoms with van der Waals surface area (Å²) >= 11 is 0. The number of hydrogen-bond acceptors (Lipinski definition) is 1. The van der Waals surface area contributed by atoms with Gasteiger partial charge in [0, 0.05) is 0 Å². The van der Waals surface area contributed by atoms with Crippen molar-refractivity contribution in [3.63, 3.8) is 0 Å². The van der Waals surface area contributed by atoms with Crippen LogP contribution in [0, 0.1) is 34.5 Å². The summed E-state index contributed by atoms with van der Waals surface area (Å²) in [4.78, 5) is 0. The molecule has 0 heterocycles. The largest absolute Gasteiger partial charge is 0.198 e. The third-order valence-electron chi connectivity index (χ3n) is 8.76. The minimum Gasteiger partial charge on any atom is -0.198 e. The lowest BCUT2D eigenvalue weighted by Gasteiger charge is -2.41. The summed E-state index contributed by atoms with van der Waals surface area (Å²) in [6.45, 7) is 4.58. The molecule has 0 aromatic rings. The molecule has 2 rings (SSSR count). The van der Waals surface area contributed by atoms with Crippen LogP contribution in [0.25, 0.3) is 0 Å². The molecule has 2 aliphatic rings. The second-order valence-corrected chi connectivity index (χ2v) is 11.1. The lowest BCUT2D eigenvalue weighted by molar-refractivity contribution is 0.114. The van der Waals surface area contributed by atoms with E-state index in [1.54, 1.807) is 0 Å². The molecule has 174 valence electrons. The summed E-state index contributed by atoms with van der Waals surface area (Å²) in [5.74, 6) is 2.95. The van der Waals surface area contributed by atoms with Gasteiger partial charge in [0.05, 0.1) is 11.5 Å². The van der Waals surface area contributed by atoms with Crippen LogP contribution in [0.15, 0.2) is 0 Å². The van der Waals surface area contributed by atoms with E-state index in [0.717, 1.165) is 17.8 Å². The van der Waals surface area contributed by atoms with Crippen LogP contribution in [0.1, 0.15) is 155 Å². The molecule has 2 aliphatic carbocycles. The zero-order chi connectivity index (χ0) is 21.5. The van der Waals surface area contributed by atoms with E-state index in [1.165, 1.54) is 141 Å². The molecule has 0 bridgehead atoms. The zero-order valence-electron chi connectivity index (χ0n) is 20.7. The lowest BCUT2D eigenvalue weighted by Crippen LogP contribution is -2.31. The van der Waals surface area contributed by atoms with Crippen LogP contribution in [0.4, 0.5) is 0 Å². The third kappa shape index (κ3) is 9.32. The molecule has 0 aromatic carbocycles. The van der Waals surface area contributed by atoms with E-state index in [0.29, 0.717) is 0 Å². The smallest absolute Gasteiger partial charge is 0.0689 e. The topological polar surface area (TPSA) is 23.8 Å². The molecule has 0 amide bonds. The van der Waals surface area contributed by atoms with E-state index in [2.05, 4.69) is 19.9 Å². The van der Waals surface area contributed by atoms with E-state index in [9.17, 15) is 5.26 Å². The minimum atomic E-state index is 0.0387. The molecular weight excluding hydrogens is 362 g/mol. The van der Waals surface area contributed by atoms with Crippen molar-refractivity contribution in [1.29, 1.82) is 5.26 Å². The number of rotatable bonds is 15. The Balaban J connectivity index is 1.57. The van der Waals surface area contributed by atoms with Crippen LogP contribution in [-0.4, -0.2) is 0 Å². The number of unbranched alkanes of at least 4 members (excludes halogenated alkanes) is 10. The third-order valence-corrected chi connectivity index (χ3v) is 8.76. The Labute approximate surface area is 189 Å². The van der Waals surface area contributed by atoms with E-state index in [4.69, 9.17) is 0 Å². The number of hydrogen-bond donors (Lipinski definition) is 0. The van der Waals surface area contributed by atoms with Gasteiger partial charge in [-0.15, -0.1) is 0 Å². The Morgan fingerprint density at radius 2 is 1.13 bits per heavy atom. The van der Waals surface area contributed by atoms with Gasteiger partial charge in [-0.1, -0.05) is 110 Å². The normalized spacial score (nSPS) is 29.6. The van der Waals surface area contributed by atoms with Gasteiger partial charge < -0.3 is 0 Å². The summed E-state index contributed by atoms with van der Waals surface area (Å²) in [7, 11) is 0. The van der Waals surface area contributed by atoms with E-state index >= 15 is 0 Å². The summed E-state index contributed by atoms with van der Waals surface area (Å²) in [5, 5.41) is 9.89. The molecular formula is C29H53N. The van der Waals surface area contributed by atoms with Gasteiger partial charge in [-0.05, 0) is 62.7 Å². The zero-order valence-corrected chi connectivity index (χ0v) is 20.7. The predicted molar refractivity (Wildman–Crippen MR) is 131 cm³/mol. The molecule has 0 spiro atoms. The molecule has 1 heteroatoms. The second kappa shape index (κ2) is 15.3. The van der Waals surface area contributed by atoms with Crippen molar-refractivity contribution in [3.05, 3.63) is 0 Å². The highest BCUT2D eigenvalue weighted by atomic mass is 14.4. The van der Waals surface area contributed by atoms with Crippen molar-refractivity contribution in [2.45, 2.75) is 155 Å². The van der Waals surface area contributed by atoms with E-state index in [1.807, 2.05) is 0 Å². The summed E-state index contributed by atoms with van der Waals surface area (Å²) in [6, 6.07) is 2.78. The molecule has 0 aromatic heterocycles. The molecule has 1 nitrogen and oxygen atoms in total. The number of nitriles is 1. The molecule has 2 fully saturated rings. The summed E-state index contributed by atoms with van der Waals surface area (Å²) in [5.41, 5.74) is 0.0387. The van der Waals surface area contributed by atoms with Crippen LogP contribution >= 0.6 is 0 Å². The van der Waals surface area contributed by atoms with Gasteiger partial charge in [0.1, 0.15) is 0 Å². The molecule has 0 saturated heterocycles. The fourth-order valence-electron chi connectivity index (χ4n) is 6.49. The van der Waals surface area contributed by atoms with Gasteiger partial charge in [0.25, 0.3) is 0 Å². The summed E-state index contributed by atoms with van der Waals surface area (Å²) in [6.07, 6.45) is 30.5. The Hall–Kier alpha value is -0.510. The fraction of sp³-hybridized carbons (Fsp3) is 0.966. The minimum absolute atomic E-state index is 0.0387. The standard InChI is InChI=1S/C29H53N/c1-3-5-7-9-10-11-13-15-26-16-18-27(19-17-26)28-20-23-29(25-30,24-21-28)22-14-12-8-6-4-2/h26-28H,3-24H2,1-2H3. The van der Waals surface area contributed by atoms with Gasteiger partial charge >= 0.3 is 0 Å². The summed E-state index contributed by atoms with van der Waals surface area (Å²) < 4.78 is 0. The quantitative estimate of drug-likeness (QED) is 0.244. The average molecular weight is 416 g/mol. The van der Waals surface area contributed by atoms with Crippen molar-refractivity contribution in [1.82, 2.24) is 0 Å². The molecule has 2 saturated carbocycles. The van der Waals surface area contributed by atoms with Crippen LogP contribution in [0.5, 0.6) is 0 Å². The van der Waals surface area contributed by atoms with Crippen LogP contribution in [-0.2, 0) is 0 Å². The highest BCUT2D eigenvalue weighted by Gasteiger charge is 2.38. The molecule has 0 atom stereocenters. The Morgan fingerprint density at radius 3 is 1.70 bits per heavy atom. The molecule has 0 N–H and O–H groups in total. The Kier molecular flexibility index (Phi) is 13.1. The predicted octanol–water partition coefficient (Wildman–Crippen LogP) is 9.99. The highest BCUT2D eigenvalue weighted by molar-refractivity contribution is 5.02. The van der Waals surface area contributed by atoms with Crippen molar-refractivity contribution in [2.24, 2.45) is 23.2 Å². The highest BCUT2D eigenvalue weighted by Crippen LogP contribution is 2.47. The van der Waals surface area contributed by atoms with Crippen molar-refractivity contribution >= 4 is 0 Å². The molecule has 0 unspecified atom stereocenters. The van der Waals surface area contributed by atoms with Crippen LogP contribution in [0.2, 0.25) is 0 Å². The van der Waals surface area contributed by atoms with Crippen molar-refractivity contribution < 1.29 is 0 Å². The van der Waals surface area contributed by atoms with Crippen molar-refractivity contribution in [2.75, 3.05) is 0 Å². The van der Waals surface area contributed by atoms with Gasteiger partial charge in [0.2, 0.25) is 0 Å². The maximum absolute atomic E-state index is 9.89. The van der Waals surface area contributed by atoms with Crippen LogP contribution in [0.3, 0.4) is 0 Å². The molecule has 0 radical (unpaired) electrons. The van der Waals surface area contributed by atoms with Crippen LogP contribution < -0.4 is 0 Å². The van der Waals surface area contributed by atoms with E-state index in [-0.39, 0.29) is 5.41 Å². The van der Waals surface area contributed by atoms with Gasteiger partial charge in [0.15, 0.2) is 0 Å². The Morgan fingerprint density at radius 1 is 0.633 bits per heavy atom. The van der Waals surface area contributed by atoms with Gasteiger partial charge in [-0.2, -0.15) is 5.26 Å². The first-order valence-corrected chi connectivity index (χ1v) is 14.1. The van der Waals surface area contributed by atoms with Crippen molar-refractivity contribution in [3.8, 4) is 6.07 Å². The average Bonchev–Trinajstić information content (AvgIpc) is 2.79. The first kappa shape index (κ1) is 25.7. The first-order valence-electron chi connectivity index (χ1n) is 14.1. The molecule has 0 aliphatic heterocycles. The number of nitrogens with zero attached hydrogens (tertiary/aromatic N) is 1. The SMILES string of the molecule is CCCCCCCCCC1CCC(C2CCC(C#N)(CCCCCCC)CC2)CC1. The first-order chi connectivity index (χ1) is 14.7. The second-order valence-electron chi connectivity index (χ2n) is 11.1. The Bertz CT molecular complexity index is 445. The monoisotopic (exact) mass is 415 g/mol. The van der Waals surface area contributed by atoms with E-state index < -0.39 is 0 Å². The molecule has 30 heavy (non-hydrogen) atoms. The fourth-order valence-corrected chi connectivity index (χ4v) is 6.49. The maximum atomic E-state index is 9.89. The lowest BCUT2D eigenvalue weighted by atomic mass is 9.63.